The first kappa shape index (κ1) is 13.0. The van der Waals surface area contributed by atoms with Crippen LogP contribution in [0.25, 0.3) is 0 Å². The molecule has 1 aliphatic rings. The van der Waals surface area contributed by atoms with Crippen molar-refractivity contribution in [2.45, 2.75) is 18.9 Å². The second-order valence-electron chi connectivity index (χ2n) is 5.24. The first-order valence-electron chi connectivity index (χ1n) is 6.92. The maximum absolute atomic E-state index is 9.56. The van der Waals surface area contributed by atoms with Gasteiger partial charge in [0.2, 0.25) is 0 Å². The molecule has 20 heavy (non-hydrogen) atoms. The van der Waals surface area contributed by atoms with Crippen molar-refractivity contribution in [3.63, 3.8) is 0 Å². The summed E-state index contributed by atoms with van der Waals surface area (Å²) in [6.07, 6.45) is 1.17. The number of phenols is 1. The second kappa shape index (κ2) is 5.55. The number of hydrogen-bond donors (Lipinski definition) is 2. The zero-order chi connectivity index (χ0) is 13.9. The van der Waals surface area contributed by atoms with Crippen LogP contribution in [0.15, 0.2) is 42.5 Å². The molecule has 0 heterocycles. The minimum absolute atomic E-state index is 0.184. The minimum Gasteiger partial charge on any atom is -0.504 e. The lowest BCUT2D eigenvalue weighted by Crippen LogP contribution is -2.28. The monoisotopic (exact) mass is 269 g/mol. The van der Waals surface area contributed by atoms with E-state index in [1.807, 2.05) is 12.1 Å². The Hall–Kier alpha value is -2.00. The van der Waals surface area contributed by atoms with Crippen molar-refractivity contribution in [2.24, 2.45) is 0 Å². The SMILES string of the molecule is COc1cc(CNCC2Cc3ccccc32)ccc1O. The van der Waals surface area contributed by atoms with Crippen molar-refractivity contribution < 1.29 is 9.84 Å². The molecule has 0 saturated heterocycles. The van der Waals surface area contributed by atoms with Crippen LogP contribution in [0.2, 0.25) is 0 Å². The zero-order valence-corrected chi connectivity index (χ0v) is 11.6. The van der Waals surface area contributed by atoms with Gasteiger partial charge in [-0.1, -0.05) is 30.3 Å². The van der Waals surface area contributed by atoms with Gasteiger partial charge in [-0.05, 0) is 35.2 Å². The van der Waals surface area contributed by atoms with E-state index in [-0.39, 0.29) is 5.75 Å². The predicted molar refractivity (Wildman–Crippen MR) is 79.3 cm³/mol. The summed E-state index contributed by atoms with van der Waals surface area (Å²) in [6.45, 7) is 1.77. The molecule has 2 aromatic carbocycles. The number of nitrogens with one attached hydrogen (secondary N) is 1. The average Bonchev–Trinajstić information content (AvgIpc) is 2.45. The molecule has 1 aliphatic carbocycles. The average molecular weight is 269 g/mol. The smallest absolute Gasteiger partial charge is 0.160 e. The van der Waals surface area contributed by atoms with Gasteiger partial charge in [0.05, 0.1) is 7.11 Å². The van der Waals surface area contributed by atoms with Crippen LogP contribution in [0.4, 0.5) is 0 Å². The third-order valence-electron chi connectivity index (χ3n) is 3.93. The molecule has 3 nitrogen and oxygen atoms in total. The molecule has 0 radical (unpaired) electrons. The molecule has 0 fully saturated rings. The van der Waals surface area contributed by atoms with Crippen molar-refractivity contribution in [3.05, 3.63) is 59.2 Å². The van der Waals surface area contributed by atoms with Gasteiger partial charge < -0.3 is 15.2 Å². The molecule has 1 unspecified atom stereocenters. The largest absolute Gasteiger partial charge is 0.504 e. The van der Waals surface area contributed by atoms with Crippen LogP contribution in [-0.2, 0) is 13.0 Å². The molecule has 0 aromatic heterocycles. The van der Waals surface area contributed by atoms with E-state index in [1.54, 1.807) is 13.2 Å². The highest BCUT2D eigenvalue weighted by Crippen LogP contribution is 2.34. The van der Waals surface area contributed by atoms with E-state index in [9.17, 15) is 5.11 Å². The molecule has 3 heteroatoms. The molecular formula is C17H19NO2. The Labute approximate surface area is 119 Å². The van der Waals surface area contributed by atoms with E-state index in [0.717, 1.165) is 18.7 Å². The van der Waals surface area contributed by atoms with Crippen LogP contribution in [0, 0.1) is 0 Å². The van der Waals surface area contributed by atoms with Crippen LogP contribution in [0.5, 0.6) is 11.5 Å². The highest BCUT2D eigenvalue weighted by Gasteiger charge is 2.24. The lowest BCUT2D eigenvalue weighted by molar-refractivity contribution is 0.372. The maximum Gasteiger partial charge on any atom is 0.160 e. The molecule has 2 N–H and O–H groups in total. The van der Waals surface area contributed by atoms with Crippen LogP contribution in [0.1, 0.15) is 22.6 Å². The van der Waals surface area contributed by atoms with Crippen LogP contribution in [0.3, 0.4) is 0 Å². The van der Waals surface area contributed by atoms with Crippen molar-refractivity contribution in [1.29, 1.82) is 0 Å². The Kier molecular flexibility index (Phi) is 3.61. The van der Waals surface area contributed by atoms with E-state index in [1.165, 1.54) is 17.5 Å². The van der Waals surface area contributed by atoms with E-state index in [0.29, 0.717) is 11.7 Å². The topological polar surface area (TPSA) is 41.5 Å². The van der Waals surface area contributed by atoms with Crippen LogP contribution in [-0.4, -0.2) is 18.8 Å². The van der Waals surface area contributed by atoms with E-state index >= 15 is 0 Å². The highest BCUT2D eigenvalue weighted by atomic mass is 16.5. The van der Waals surface area contributed by atoms with Crippen molar-refractivity contribution in [3.8, 4) is 11.5 Å². The minimum atomic E-state index is 0.184. The van der Waals surface area contributed by atoms with Gasteiger partial charge in [0.1, 0.15) is 0 Å². The summed E-state index contributed by atoms with van der Waals surface area (Å²) in [4.78, 5) is 0. The summed E-state index contributed by atoms with van der Waals surface area (Å²) in [6, 6.07) is 14.1. The number of hydrogen-bond acceptors (Lipinski definition) is 3. The van der Waals surface area contributed by atoms with Gasteiger partial charge in [-0.3, -0.25) is 0 Å². The molecule has 3 rings (SSSR count). The molecule has 1 atom stereocenters. The van der Waals surface area contributed by atoms with E-state index < -0.39 is 0 Å². The third-order valence-corrected chi connectivity index (χ3v) is 3.93. The Morgan fingerprint density at radius 1 is 1.25 bits per heavy atom. The number of rotatable bonds is 5. The number of fused-ring (bicyclic) bond motifs is 1. The second-order valence-corrected chi connectivity index (χ2v) is 5.24. The normalized spacial score (nSPS) is 16.4. The quantitative estimate of drug-likeness (QED) is 0.877. The fourth-order valence-electron chi connectivity index (χ4n) is 2.77. The summed E-state index contributed by atoms with van der Waals surface area (Å²) in [7, 11) is 1.57. The van der Waals surface area contributed by atoms with Crippen molar-refractivity contribution in [1.82, 2.24) is 5.32 Å². The lowest BCUT2D eigenvalue weighted by atomic mass is 9.77. The van der Waals surface area contributed by atoms with Crippen molar-refractivity contribution >= 4 is 0 Å². The molecule has 0 saturated carbocycles. The highest BCUT2D eigenvalue weighted by molar-refractivity contribution is 5.42. The first-order valence-corrected chi connectivity index (χ1v) is 6.92. The van der Waals surface area contributed by atoms with Gasteiger partial charge in [-0.2, -0.15) is 0 Å². The first-order chi connectivity index (χ1) is 9.78. The summed E-state index contributed by atoms with van der Waals surface area (Å²) in [5, 5.41) is 13.0. The molecular weight excluding hydrogens is 250 g/mol. The third kappa shape index (κ3) is 2.49. The van der Waals surface area contributed by atoms with Gasteiger partial charge in [-0.25, -0.2) is 0 Å². The fourth-order valence-corrected chi connectivity index (χ4v) is 2.77. The molecule has 0 amide bonds. The van der Waals surface area contributed by atoms with Crippen molar-refractivity contribution in [2.75, 3.05) is 13.7 Å². The lowest BCUT2D eigenvalue weighted by Gasteiger charge is -2.30. The summed E-state index contributed by atoms with van der Waals surface area (Å²) in [5.41, 5.74) is 4.07. The standard InChI is InChI=1S/C17H19NO2/c1-20-17-8-12(6-7-16(17)19)10-18-11-14-9-13-4-2-3-5-15(13)14/h2-8,14,18-19H,9-11H2,1H3. The number of phenolic OH excluding ortho intramolecular Hbond substituents is 1. The molecule has 0 bridgehead atoms. The van der Waals surface area contributed by atoms with Gasteiger partial charge in [0.25, 0.3) is 0 Å². The Balaban J connectivity index is 1.54. The number of benzene rings is 2. The van der Waals surface area contributed by atoms with Gasteiger partial charge in [-0.15, -0.1) is 0 Å². The van der Waals surface area contributed by atoms with Crippen LogP contribution < -0.4 is 10.1 Å². The summed E-state index contributed by atoms with van der Waals surface area (Å²) in [5.74, 6) is 1.34. The molecule has 0 aliphatic heterocycles. The Bertz CT molecular complexity index is 610. The van der Waals surface area contributed by atoms with Gasteiger partial charge in [0, 0.05) is 19.0 Å². The van der Waals surface area contributed by atoms with Gasteiger partial charge >= 0.3 is 0 Å². The summed E-state index contributed by atoms with van der Waals surface area (Å²) < 4.78 is 5.11. The number of methoxy groups -OCH3 is 1. The fraction of sp³-hybridized carbons (Fsp3) is 0.294. The number of aromatic hydroxyl groups is 1. The Morgan fingerprint density at radius 3 is 2.90 bits per heavy atom. The zero-order valence-electron chi connectivity index (χ0n) is 11.6. The van der Waals surface area contributed by atoms with Gasteiger partial charge in [0.15, 0.2) is 11.5 Å². The predicted octanol–water partition coefficient (Wildman–Crippen LogP) is 2.83. The molecule has 104 valence electrons. The Morgan fingerprint density at radius 2 is 2.10 bits per heavy atom. The molecule has 2 aromatic rings. The maximum atomic E-state index is 9.56. The number of ether oxygens (including phenoxy) is 1. The molecule has 0 spiro atoms. The van der Waals surface area contributed by atoms with Crippen LogP contribution >= 0.6 is 0 Å². The van der Waals surface area contributed by atoms with E-state index in [2.05, 4.69) is 29.6 Å². The summed E-state index contributed by atoms with van der Waals surface area (Å²) >= 11 is 0. The van der Waals surface area contributed by atoms with E-state index in [4.69, 9.17) is 4.74 Å².